The minimum Gasteiger partial charge on any atom is -0.209 e. The van der Waals surface area contributed by atoms with Crippen LogP contribution in [0.25, 0.3) is 0 Å². The molecule has 0 heterocycles. The van der Waals surface area contributed by atoms with Crippen molar-refractivity contribution in [2.75, 3.05) is 0 Å². The highest BCUT2D eigenvalue weighted by Gasteiger charge is 2.37. The number of aryl methyl sites for hydroxylation is 1. The van der Waals surface area contributed by atoms with E-state index in [-0.39, 0.29) is 6.42 Å². The van der Waals surface area contributed by atoms with Gasteiger partial charge in [-0.2, -0.15) is 0 Å². The van der Waals surface area contributed by atoms with Gasteiger partial charge in [0, 0.05) is 6.42 Å². The molecule has 0 saturated heterocycles. The standard InChI is InChI=1S/C30H44F2/c1-3-5-7-9-10-12-14-18-26-20-22-27(23-21-26)30(24-16-13-17-25-30)29(32)28(31)19-15-11-8-6-4-2/h13,16-17,20-24H,3-12,14-15,18-19,25H2,1-2H3. The molecule has 32 heavy (non-hydrogen) atoms. The molecule has 1 aliphatic rings. The number of halogens is 2. The smallest absolute Gasteiger partial charge is 0.146 e. The fourth-order valence-corrected chi connectivity index (χ4v) is 4.61. The lowest BCUT2D eigenvalue weighted by Crippen LogP contribution is -2.26. The lowest BCUT2D eigenvalue weighted by Gasteiger charge is -2.31. The molecule has 178 valence electrons. The van der Waals surface area contributed by atoms with Crippen LogP contribution in [0.5, 0.6) is 0 Å². The number of allylic oxidation sites excluding steroid dienone is 6. The molecule has 0 fully saturated rings. The average Bonchev–Trinajstić information content (AvgIpc) is 2.83. The van der Waals surface area contributed by atoms with Crippen LogP contribution in [0.3, 0.4) is 0 Å². The predicted octanol–water partition coefficient (Wildman–Crippen LogP) is 10.2. The fraction of sp³-hybridized carbons (Fsp3) is 0.600. The SMILES string of the molecule is CCCCCCCCCc1ccc(C2(C(F)=C(F)CCCCCCC)C=CC=CC2)cc1. The summed E-state index contributed by atoms with van der Waals surface area (Å²) in [5, 5.41) is 0. The van der Waals surface area contributed by atoms with Crippen molar-refractivity contribution >= 4 is 0 Å². The minimum absolute atomic E-state index is 0.200. The van der Waals surface area contributed by atoms with E-state index in [0.29, 0.717) is 12.8 Å². The molecule has 1 atom stereocenters. The van der Waals surface area contributed by atoms with Gasteiger partial charge in [-0.1, -0.05) is 127 Å². The topological polar surface area (TPSA) is 0 Å². The zero-order chi connectivity index (χ0) is 23.1. The second-order valence-corrected chi connectivity index (χ2v) is 9.41. The molecule has 1 aliphatic carbocycles. The summed E-state index contributed by atoms with van der Waals surface area (Å²) in [6.45, 7) is 4.41. The summed E-state index contributed by atoms with van der Waals surface area (Å²) in [5.41, 5.74) is 1.13. The van der Waals surface area contributed by atoms with Crippen molar-refractivity contribution in [3.8, 4) is 0 Å². The van der Waals surface area contributed by atoms with E-state index < -0.39 is 17.1 Å². The van der Waals surface area contributed by atoms with Gasteiger partial charge < -0.3 is 0 Å². The largest absolute Gasteiger partial charge is 0.209 e. The highest BCUT2D eigenvalue weighted by molar-refractivity contribution is 5.45. The molecule has 1 unspecified atom stereocenters. The molecule has 1 aromatic rings. The van der Waals surface area contributed by atoms with Gasteiger partial charge in [-0.3, -0.25) is 0 Å². The molecule has 0 aliphatic heterocycles. The first-order valence-corrected chi connectivity index (χ1v) is 13.1. The van der Waals surface area contributed by atoms with Gasteiger partial charge in [0.15, 0.2) is 0 Å². The molecule has 0 nitrogen and oxygen atoms in total. The summed E-state index contributed by atoms with van der Waals surface area (Å²) >= 11 is 0. The number of hydrogen-bond acceptors (Lipinski definition) is 0. The summed E-state index contributed by atoms with van der Waals surface area (Å²) in [4.78, 5) is 0. The predicted molar refractivity (Wildman–Crippen MR) is 135 cm³/mol. The van der Waals surface area contributed by atoms with Crippen LogP contribution in [0.15, 0.2) is 60.2 Å². The fourth-order valence-electron chi connectivity index (χ4n) is 4.61. The third-order valence-corrected chi connectivity index (χ3v) is 6.74. The second kappa shape index (κ2) is 15.2. The Kier molecular flexibility index (Phi) is 12.6. The van der Waals surface area contributed by atoms with E-state index >= 15 is 4.39 Å². The Bertz CT molecular complexity index is 726. The zero-order valence-corrected chi connectivity index (χ0v) is 20.5. The Morgan fingerprint density at radius 2 is 1.34 bits per heavy atom. The maximum absolute atomic E-state index is 15.5. The van der Waals surface area contributed by atoms with Crippen molar-refractivity contribution in [1.29, 1.82) is 0 Å². The summed E-state index contributed by atoms with van der Waals surface area (Å²) in [6, 6.07) is 8.23. The number of benzene rings is 1. The zero-order valence-electron chi connectivity index (χ0n) is 20.5. The second-order valence-electron chi connectivity index (χ2n) is 9.41. The van der Waals surface area contributed by atoms with Gasteiger partial charge in [-0.15, -0.1) is 0 Å². The third kappa shape index (κ3) is 8.34. The lowest BCUT2D eigenvalue weighted by molar-refractivity contribution is 0.407. The van der Waals surface area contributed by atoms with Gasteiger partial charge in [0.2, 0.25) is 0 Å². The van der Waals surface area contributed by atoms with Crippen molar-refractivity contribution < 1.29 is 8.78 Å². The van der Waals surface area contributed by atoms with Crippen LogP contribution in [0.2, 0.25) is 0 Å². The van der Waals surface area contributed by atoms with Crippen molar-refractivity contribution in [3.63, 3.8) is 0 Å². The molecule has 0 aromatic heterocycles. The van der Waals surface area contributed by atoms with E-state index in [2.05, 4.69) is 26.0 Å². The number of hydrogen-bond donors (Lipinski definition) is 0. The first-order valence-electron chi connectivity index (χ1n) is 13.1. The highest BCUT2D eigenvalue weighted by Crippen LogP contribution is 2.43. The van der Waals surface area contributed by atoms with E-state index in [4.69, 9.17) is 0 Å². The molecular weight excluding hydrogens is 398 g/mol. The molecule has 1 aromatic carbocycles. The van der Waals surface area contributed by atoms with Crippen LogP contribution in [0.1, 0.15) is 115 Å². The van der Waals surface area contributed by atoms with Crippen molar-refractivity contribution in [1.82, 2.24) is 0 Å². The maximum atomic E-state index is 15.5. The summed E-state index contributed by atoms with van der Waals surface area (Å²) in [6.07, 6.45) is 23.5. The Hall–Kier alpha value is -1.70. The van der Waals surface area contributed by atoms with Crippen LogP contribution in [0, 0.1) is 0 Å². The van der Waals surface area contributed by atoms with Gasteiger partial charge in [0.25, 0.3) is 0 Å². The monoisotopic (exact) mass is 442 g/mol. The molecule has 0 N–H and O–H groups in total. The van der Waals surface area contributed by atoms with E-state index in [9.17, 15) is 4.39 Å². The van der Waals surface area contributed by atoms with E-state index in [1.54, 1.807) is 0 Å². The van der Waals surface area contributed by atoms with Crippen LogP contribution >= 0.6 is 0 Å². The first kappa shape index (κ1) is 26.6. The molecule has 2 heteroatoms. The Balaban J connectivity index is 1.98. The van der Waals surface area contributed by atoms with Crippen molar-refractivity contribution in [2.24, 2.45) is 0 Å². The Morgan fingerprint density at radius 1 is 0.750 bits per heavy atom. The number of rotatable bonds is 16. The molecule has 0 bridgehead atoms. The lowest BCUT2D eigenvalue weighted by atomic mass is 9.73. The average molecular weight is 443 g/mol. The van der Waals surface area contributed by atoms with Gasteiger partial charge in [-0.05, 0) is 36.8 Å². The summed E-state index contributed by atoms with van der Waals surface area (Å²) in [5.74, 6) is -1.18. The van der Waals surface area contributed by atoms with Gasteiger partial charge in [-0.25, -0.2) is 8.78 Å². The Morgan fingerprint density at radius 3 is 1.94 bits per heavy atom. The number of unbranched alkanes of at least 4 members (excludes halogenated alkanes) is 10. The summed E-state index contributed by atoms with van der Waals surface area (Å²) < 4.78 is 30.4. The van der Waals surface area contributed by atoms with Crippen molar-refractivity contribution in [2.45, 2.75) is 116 Å². The third-order valence-electron chi connectivity index (χ3n) is 6.74. The summed E-state index contributed by atoms with van der Waals surface area (Å²) in [7, 11) is 0. The van der Waals surface area contributed by atoms with Crippen LogP contribution < -0.4 is 0 Å². The molecule has 0 amide bonds. The van der Waals surface area contributed by atoms with Gasteiger partial charge in [0.05, 0.1) is 5.41 Å². The molecule has 0 radical (unpaired) electrons. The van der Waals surface area contributed by atoms with Crippen LogP contribution in [0.4, 0.5) is 8.78 Å². The van der Waals surface area contributed by atoms with Crippen molar-refractivity contribution in [3.05, 3.63) is 71.4 Å². The first-order chi connectivity index (χ1) is 15.6. The van der Waals surface area contributed by atoms with E-state index in [1.165, 1.54) is 50.5 Å². The van der Waals surface area contributed by atoms with E-state index in [0.717, 1.165) is 37.7 Å². The molecule has 0 saturated carbocycles. The molecular formula is C30H44F2. The van der Waals surface area contributed by atoms with Crippen LogP contribution in [-0.2, 0) is 11.8 Å². The minimum atomic E-state index is -1.000. The van der Waals surface area contributed by atoms with Crippen LogP contribution in [-0.4, -0.2) is 0 Å². The quantitative estimate of drug-likeness (QED) is 0.223. The van der Waals surface area contributed by atoms with Gasteiger partial charge >= 0.3 is 0 Å². The van der Waals surface area contributed by atoms with E-state index in [1.807, 2.05) is 36.4 Å². The highest BCUT2D eigenvalue weighted by atomic mass is 19.2. The molecule has 2 rings (SSSR count). The maximum Gasteiger partial charge on any atom is 0.146 e. The Labute approximate surface area is 195 Å². The van der Waals surface area contributed by atoms with Gasteiger partial charge in [0.1, 0.15) is 11.7 Å². The molecule has 0 spiro atoms. The normalized spacial score (nSPS) is 18.8.